The molecule has 2 saturated heterocycles. The maximum absolute atomic E-state index is 12.5. The predicted octanol–water partition coefficient (Wildman–Crippen LogP) is 2.32. The molecule has 0 saturated carbocycles. The van der Waals surface area contributed by atoms with Crippen molar-refractivity contribution in [3.05, 3.63) is 30.3 Å². The zero-order valence-electron chi connectivity index (χ0n) is 16.4. The molecule has 7 nitrogen and oxygen atoms in total. The lowest BCUT2D eigenvalue weighted by Gasteiger charge is -2.38. The number of amides is 2. The highest BCUT2D eigenvalue weighted by Gasteiger charge is 2.40. The third kappa shape index (κ3) is 4.66. The quantitative estimate of drug-likeness (QED) is 0.721. The van der Waals surface area contributed by atoms with Crippen LogP contribution in [0.25, 0.3) is 0 Å². The molecule has 0 N–H and O–H groups in total. The molecule has 28 heavy (non-hydrogen) atoms. The number of carbonyl (C=O) groups is 2. The summed E-state index contributed by atoms with van der Waals surface area (Å²) in [5.74, 6) is -0.444. The van der Waals surface area contributed by atoms with Gasteiger partial charge in [-0.25, -0.2) is 13.2 Å². The molecule has 3 rings (SSSR count). The van der Waals surface area contributed by atoms with E-state index >= 15 is 0 Å². The van der Waals surface area contributed by atoms with Crippen molar-refractivity contribution >= 4 is 21.8 Å². The summed E-state index contributed by atoms with van der Waals surface area (Å²) in [5.41, 5.74) is 0. The Kier molecular flexibility index (Phi) is 6.27. The van der Waals surface area contributed by atoms with Crippen molar-refractivity contribution in [3.63, 3.8) is 0 Å². The van der Waals surface area contributed by atoms with Gasteiger partial charge in [-0.3, -0.25) is 9.69 Å². The van der Waals surface area contributed by atoms with Crippen LogP contribution in [-0.4, -0.2) is 67.8 Å². The molecule has 8 heteroatoms. The molecule has 0 spiro atoms. The Bertz CT molecular complexity index is 801. The van der Waals surface area contributed by atoms with Gasteiger partial charge in [0.1, 0.15) is 12.4 Å². The summed E-state index contributed by atoms with van der Waals surface area (Å²) in [6, 6.07) is 8.15. The van der Waals surface area contributed by atoms with Crippen molar-refractivity contribution in [1.29, 1.82) is 0 Å². The Hall–Kier alpha value is -2.09. The van der Waals surface area contributed by atoms with Crippen LogP contribution in [0.3, 0.4) is 0 Å². The summed E-state index contributed by atoms with van der Waals surface area (Å²) in [5, 5.41) is 0. The van der Waals surface area contributed by atoms with E-state index < -0.39 is 15.6 Å². The first-order valence-electron chi connectivity index (χ1n) is 9.78. The lowest BCUT2D eigenvalue weighted by molar-refractivity contribution is -0.129. The van der Waals surface area contributed by atoms with E-state index in [2.05, 4.69) is 13.8 Å². The first-order valence-corrected chi connectivity index (χ1v) is 11.4. The number of rotatable bonds is 6. The topological polar surface area (TPSA) is 84.0 Å². The Morgan fingerprint density at radius 3 is 2.43 bits per heavy atom. The molecule has 1 aromatic carbocycles. The molecule has 1 aromatic rings. The van der Waals surface area contributed by atoms with Crippen LogP contribution in [0, 0.1) is 5.92 Å². The SMILES string of the molecule is CC(C)CC1COC(=O)N1C1CCN(C(=O)CS(=O)(=O)c2ccccc2)CC1. The molecular weight excluding hydrogens is 380 g/mol. The largest absolute Gasteiger partial charge is 0.447 e. The molecule has 0 aliphatic carbocycles. The van der Waals surface area contributed by atoms with Crippen LogP contribution >= 0.6 is 0 Å². The van der Waals surface area contributed by atoms with Gasteiger partial charge in [-0.15, -0.1) is 0 Å². The monoisotopic (exact) mass is 408 g/mol. The fourth-order valence-corrected chi connectivity index (χ4v) is 5.25. The number of piperidine rings is 1. The molecule has 2 amide bonds. The van der Waals surface area contributed by atoms with Gasteiger partial charge < -0.3 is 9.64 Å². The number of ether oxygens (including phenoxy) is 1. The maximum atomic E-state index is 12.5. The van der Waals surface area contributed by atoms with Gasteiger partial charge in [-0.2, -0.15) is 0 Å². The zero-order chi connectivity index (χ0) is 20.3. The van der Waals surface area contributed by atoms with Gasteiger partial charge in [0.05, 0.1) is 10.9 Å². The van der Waals surface area contributed by atoms with E-state index in [9.17, 15) is 18.0 Å². The van der Waals surface area contributed by atoms with E-state index in [-0.39, 0.29) is 29.0 Å². The lowest BCUT2D eigenvalue weighted by Crippen LogP contribution is -2.50. The third-order valence-electron chi connectivity index (χ3n) is 5.37. The number of hydrogen-bond acceptors (Lipinski definition) is 5. The lowest BCUT2D eigenvalue weighted by atomic mass is 9.98. The smallest absolute Gasteiger partial charge is 0.410 e. The highest BCUT2D eigenvalue weighted by molar-refractivity contribution is 7.92. The average molecular weight is 409 g/mol. The maximum Gasteiger partial charge on any atom is 0.410 e. The number of nitrogens with zero attached hydrogens (tertiary/aromatic N) is 2. The Morgan fingerprint density at radius 2 is 1.82 bits per heavy atom. The minimum atomic E-state index is -3.64. The van der Waals surface area contributed by atoms with E-state index in [4.69, 9.17) is 4.74 Å². The van der Waals surface area contributed by atoms with Gasteiger partial charge >= 0.3 is 6.09 Å². The second kappa shape index (κ2) is 8.51. The molecule has 154 valence electrons. The van der Waals surface area contributed by atoms with Gasteiger partial charge in [0.25, 0.3) is 0 Å². The predicted molar refractivity (Wildman–Crippen MR) is 105 cm³/mol. The Morgan fingerprint density at radius 1 is 1.18 bits per heavy atom. The van der Waals surface area contributed by atoms with Gasteiger partial charge in [0.2, 0.25) is 5.91 Å². The van der Waals surface area contributed by atoms with Crippen molar-refractivity contribution < 1.29 is 22.7 Å². The number of sulfone groups is 1. The number of cyclic esters (lactones) is 1. The molecule has 0 bridgehead atoms. The Labute approximate surface area is 166 Å². The molecule has 2 heterocycles. The van der Waals surface area contributed by atoms with E-state index in [1.165, 1.54) is 12.1 Å². The van der Waals surface area contributed by atoms with Crippen molar-refractivity contribution in [2.75, 3.05) is 25.4 Å². The molecule has 2 fully saturated rings. The summed E-state index contributed by atoms with van der Waals surface area (Å²) in [7, 11) is -3.64. The molecule has 0 radical (unpaired) electrons. The van der Waals surface area contributed by atoms with Crippen molar-refractivity contribution in [3.8, 4) is 0 Å². The van der Waals surface area contributed by atoms with Crippen molar-refractivity contribution in [2.24, 2.45) is 5.92 Å². The minimum Gasteiger partial charge on any atom is -0.447 e. The van der Waals surface area contributed by atoms with Crippen LogP contribution in [0.2, 0.25) is 0 Å². The Balaban J connectivity index is 1.57. The minimum absolute atomic E-state index is 0.0357. The fourth-order valence-electron chi connectivity index (χ4n) is 4.00. The number of benzene rings is 1. The molecule has 1 atom stereocenters. The fraction of sp³-hybridized carbons (Fsp3) is 0.600. The van der Waals surface area contributed by atoms with Crippen LogP contribution in [0.1, 0.15) is 33.1 Å². The van der Waals surface area contributed by atoms with Crippen LogP contribution < -0.4 is 0 Å². The van der Waals surface area contributed by atoms with Crippen LogP contribution in [-0.2, 0) is 19.4 Å². The highest BCUT2D eigenvalue weighted by Crippen LogP contribution is 2.27. The van der Waals surface area contributed by atoms with Crippen molar-refractivity contribution in [1.82, 2.24) is 9.80 Å². The second-order valence-electron chi connectivity index (χ2n) is 7.95. The number of carbonyl (C=O) groups excluding carboxylic acids is 2. The van der Waals surface area contributed by atoms with Gasteiger partial charge in [0, 0.05) is 19.1 Å². The molecule has 2 aliphatic heterocycles. The van der Waals surface area contributed by atoms with Gasteiger partial charge in [-0.1, -0.05) is 32.0 Å². The average Bonchev–Trinajstić information content (AvgIpc) is 3.01. The summed E-state index contributed by atoms with van der Waals surface area (Å²) in [6.07, 6.45) is 1.89. The first-order chi connectivity index (χ1) is 13.3. The summed E-state index contributed by atoms with van der Waals surface area (Å²) < 4.78 is 30.1. The van der Waals surface area contributed by atoms with E-state index in [0.29, 0.717) is 38.5 Å². The number of likely N-dealkylation sites (tertiary alicyclic amines) is 1. The second-order valence-corrected chi connectivity index (χ2v) is 9.94. The summed E-state index contributed by atoms with van der Waals surface area (Å²) >= 11 is 0. The van der Waals surface area contributed by atoms with Crippen molar-refractivity contribution in [2.45, 2.75) is 50.1 Å². The normalized spacial score (nSPS) is 21.2. The summed E-state index contributed by atoms with van der Waals surface area (Å²) in [4.78, 5) is 28.3. The van der Waals surface area contributed by atoms with Gasteiger partial charge in [-0.05, 0) is 37.3 Å². The van der Waals surface area contributed by atoms with E-state index in [0.717, 1.165) is 6.42 Å². The number of hydrogen-bond donors (Lipinski definition) is 0. The first kappa shape index (κ1) is 20.6. The molecular formula is C20H28N2O5S. The zero-order valence-corrected chi connectivity index (χ0v) is 17.2. The van der Waals surface area contributed by atoms with E-state index in [1.54, 1.807) is 23.1 Å². The third-order valence-corrected chi connectivity index (χ3v) is 6.99. The van der Waals surface area contributed by atoms with Crippen LogP contribution in [0.4, 0.5) is 4.79 Å². The molecule has 2 aliphatic rings. The van der Waals surface area contributed by atoms with E-state index in [1.807, 2.05) is 4.90 Å². The standard InChI is InChI=1S/C20H28N2O5S/c1-15(2)12-17-13-27-20(24)22(17)16-8-10-21(11-9-16)19(23)14-28(25,26)18-6-4-3-5-7-18/h3-7,15-17H,8-14H2,1-2H3. The highest BCUT2D eigenvalue weighted by atomic mass is 32.2. The van der Waals surface area contributed by atoms with Crippen LogP contribution in [0.5, 0.6) is 0 Å². The summed E-state index contributed by atoms with van der Waals surface area (Å²) in [6.45, 7) is 5.56. The van der Waals surface area contributed by atoms with Gasteiger partial charge in [0.15, 0.2) is 9.84 Å². The van der Waals surface area contributed by atoms with Crippen LogP contribution in [0.15, 0.2) is 35.2 Å². The molecule has 1 unspecified atom stereocenters. The molecule has 0 aromatic heterocycles.